The predicted molar refractivity (Wildman–Crippen MR) is 203 cm³/mol. The SMILES string of the molecule is CC(C)(C)OC(=O)NC1CCC(N(CC(c2ccccc2)c2ccc(Cl)c(-c3c(C#N)ccc(OC[C@@H]4CCCO4)c3F)c2)C(=O)OC(C)(C)C)CC1. The van der Waals surface area contributed by atoms with Gasteiger partial charge in [0.15, 0.2) is 11.6 Å². The average Bonchev–Trinajstić information content (AvgIpc) is 3.62. The smallest absolute Gasteiger partial charge is 0.410 e. The lowest BCUT2D eigenvalue weighted by atomic mass is 9.86. The second-order valence-corrected chi connectivity index (χ2v) is 16.3. The standard InChI is InChI=1S/C42H51ClFN3O6/c1-41(2,3)52-39(48)46-30-16-18-31(19-17-30)47(40(49)53-42(4,5)6)25-34(27-11-8-7-9-12-27)28-14-20-35(43)33(23-28)37-29(24-45)15-21-36(38(37)44)51-26-32-13-10-22-50-32/h7-9,11-12,14-15,20-21,23,30-32,34H,10,13,16-19,22,25-26H2,1-6H3,(H,46,48)/t30?,31?,32-,34?/m0/s1. The van der Waals surface area contributed by atoms with Gasteiger partial charge in [-0.2, -0.15) is 5.26 Å². The van der Waals surface area contributed by atoms with Crippen LogP contribution in [0.5, 0.6) is 5.75 Å². The molecule has 1 unspecified atom stereocenters. The van der Waals surface area contributed by atoms with E-state index in [2.05, 4.69) is 11.4 Å². The molecule has 9 nitrogen and oxygen atoms in total. The van der Waals surface area contributed by atoms with Gasteiger partial charge in [0.25, 0.3) is 0 Å². The highest BCUT2D eigenvalue weighted by molar-refractivity contribution is 6.33. The first-order valence-corrected chi connectivity index (χ1v) is 18.8. The zero-order valence-electron chi connectivity index (χ0n) is 31.5. The molecule has 1 saturated carbocycles. The fourth-order valence-electron chi connectivity index (χ4n) is 6.92. The van der Waals surface area contributed by atoms with Crippen LogP contribution in [-0.2, 0) is 14.2 Å². The molecule has 1 saturated heterocycles. The Hall–Kier alpha value is -4.33. The molecule has 53 heavy (non-hydrogen) atoms. The number of hydrogen-bond donors (Lipinski definition) is 1. The minimum absolute atomic E-state index is 0.0171. The normalized spacial score (nSPS) is 19.5. The van der Waals surface area contributed by atoms with Crippen molar-refractivity contribution in [3.8, 4) is 22.9 Å². The molecule has 5 rings (SSSR count). The fourth-order valence-corrected chi connectivity index (χ4v) is 7.13. The number of nitrogens with zero attached hydrogens (tertiary/aromatic N) is 2. The van der Waals surface area contributed by atoms with Crippen LogP contribution in [0.15, 0.2) is 60.7 Å². The summed E-state index contributed by atoms with van der Waals surface area (Å²) in [5.74, 6) is -1.03. The molecule has 1 heterocycles. The molecular formula is C42H51ClFN3O6. The van der Waals surface area contributed by atoms with Crippen molar-refractivity contribution in [3.05, 3.63) is 88.2 Å². The van der Waals surface area contributed by atoms with Gasteiger partial charge in [0, 0.05) is 47.3 Å². The van der Waals surface area contributed by atoms with E-state index in [1.165, 1.54) is 6.07 Å². The number of carbonyl (C=O) groups excluding carboxylic acids is 2. The van der Waals surface area contributed by atoms with Crippen LogP contribution < -0.4 is 10.1 Å². The van der Waals surface area contributed by atoms with Gasteiger partial charge in [-0.15, -0.1) is 0 Å². The van der Waals surface area contributed by atoms with E-state index >= 15 is 4.39 Å². The fraction of sp³-hybridized carbons (Fsp3) is 0.500. The molecular weight excluding hydrogens is 697 g/mol. The molecule has 2 aliphatic rings. The average molecular weight is 748 g/mol. The maximum atomic E-state index is 16.3. The maximum Gasteiger partial charge on any atom is 0.410 e. The lowest BCUT2D eigenvalue weighted by Crippen LogP contribution is -2.49. The summed E-state index contributed by atoms with van der Waals surface area (Å²) in [5.41, 5.74) is 0.890. The molecule has 0 spiro atoms. The van der Waals surface area contributed by atoms with Gasteiger partial charge in [-0.05, 0) is 115 Å². The minimum atomic E-state index is -0.733. The van der Waals surface area contributed by atoms with Crippen LogP contribution in [0, 0.1) is 17.1 Å². The van der Waals surface area contributed by atoms with E-state index in [9.17, 15) is 14.9 Å². The third-order valence-corrected chi connectivity index (χ3v) is 9.73. The van der Waals surface area contributed by atoms with Crippen molar-refractivity contribution in [2.75, 3.05) is 19.8 Å². The van der Waals surface area contributed by atoms with E-state index in [0.29, 0.717) is 37.9 Å². The van der Waals surface area contributed by atoms with Gasteiger partial charge in [-0.3, -0.25) is 0 Å². The van der Waals surface area contributed by atoms with Gasteiger partial charge >= 0.3 is 12.2 Å². The first-order chi connectivity index (χ1) is 25.1. The first kappa shape index (κ1) is 39.9. The molecule has 1 aliphatic heterocycles. The Morgan fingerprint density at radius 2 is 1.66 bits per heavy atom. The van der Waals surface area contributed by atoms with Crippen molar-refractivity contribution in [2.45, 2.75) is 115 Å². The number of amides is 2. The number of hydrogen-bond acceptors (Lipinski definition) is 7. The Morgan fingerprint density at radius 1 is 0.962 bits per heavy atom. The van der Waals surface area contributed by atoms with E-state index < -0.39 is 29.2 Å². The van der Waals surface area contributed by atoms with Gasteiger partial charge in [-0.25, -0.2) is 14.0 Å². The maximum absolute atomic E-state index is 16.3. The Labute approximate surface area is 317 Å². The van der Waals surface area contributed by atoms with Crippen LogP contribution in [0.25, 0.3) is 11.1 Å². The van der Waals surface area contributed by atoms with Crippen LogP contribution in [0.4, 0.5) is 14.0 Å². The monoisotopic (exact) mass is 747 g/mol. The van der Waals surface area contributed by atoms with E-state index in [1.54, 1.807) is 23.1 Å². The van der Waals surface area contributed by atoms with Crippen molar-refractivity contribution in [1.82, 2.24) is 10.2 Å². The highest BCUT2D eigenvalue weighted by Crippen LogP contribution is 2.40. The molecule has 1 aliphatic carbocycles. The Morgan fingerprint density at radius 3 is 2.28 bits per heavy atom. The van der Waals surface area contributed by atoms with Gasteiger partial charge in [0.05, 0.1) is 17.7 Å². The third kappa shape index (κ3) is 10.9. The summed E-state index contributed by atoms with van der Waals surface area (Å²) in [6, 6.07) is 20.1. The van der Waals surface area contributed by atoms with Crippen molar-refractivity contribution in [2.24, 2.45) is 0 Å². The number of nitriles is 1. The first-order valence-electron chi connectivity index (χ1n) is 18.4. The number of carbonyl (C=O) groups is 2. The molecule has 284 valence electrons. The molecule has 0 radical (unpaired) electrons. The Kier molecular flexibility index (Phi) is 12.9. The molecule has 0 aromatic heterocycles. The van der Waals surface area contributed by atoms with Crippen LogP contribution in [0.1, 0.15) is 103 Å². The Bertz CT molecular complexity index is 1770. The number of nitrogens with one attached hydrogen (secondary N) is 1. The van der Waals surface area contributed by atoms with Gasteiger partial charge in [0.1, 0.15) is 17.8 Å². The quantitative estimate of drug-likeness (QED) is 0.220. The molecule has 1 N–H and O–H groups in total. The molecule has 2 amide bonds. The van der Waals surface area contributed by atoms with Crippen LogP contribution in [-0.4, -0.2) is 66.2 Å². The van der Waals surface area contributed by atoms with Crippen molar-refractivity contribution in [1.29, 1.82) is 5.26 Å². The molecule has 0 bridgehead atoms. The molecule has 11 heteroatoms. The number of rotatable bonds is 10. The third-order valence-electron chi connectivity index (χ3n) is 9.41. The van der Waals surface area contributed by atoms with Gasteiger partial charge in [-0.1, -0.05) is 48.0 Å². The second kappa shape index (κ2) is 17.2. The minimum Gasteiger partial charge on any atom is -0.488 e. The summed E-state index contributed by atoms with van der Waals surface area (Å²) in [6.45, 7) is 12.1. The van der Waals surface area contributed by atoms with Crippen molar-refractivity contribution in [3.63, 3.8) is 0 Å². The van der Waals surface area contributed by atoms with Crippen molar-refractivity contribution < 1.29 is 32.9 Å². The lowest BCUT2D eigenvalue weighted by molar-refractivity contribution is 0.00941. The molecule has 2 fully saturated rings. The zero-order valence-corrected chi connectivity index (χ0v) is 32.3. The van der Waals surface area contributed by atoms with Gasteiger partial charge < -0.3 is 29.2 Å². The van der Waals surface area contributed by atoms with E-state index in [0.717, 1.165) is 24.0 Å². The molecule has 3 aromatic rings. The number of alkyl carbamates (subject to hydrolysis) is 1. The van der Waals surface area contributed by atoms with Crippen LogP contribution in [0.2, 0.25) is 5.02 Å². The second-order valence-electron chi connectivity index (χ2n) is 15.8. The summed E-state index contributed by atoms with van der Waals surface area (Å²) < 4.78 is 39.3. The highest BCUT2D eigenvalue weighted by Gasteiger charge is 2.35. The lowest BCUT2D eigenvalue weighted by Gasteiger charge is -2.39. The van der Waals surface area contributed by atoms with E-state index in [-0.39, 0.29) is 59.2 Å². The molecule has 3 aromatic carbocycles. The summed E-state index contributed by atoms with van der Waals surface area (Å²) >= 11 is 6.79. The zero-order chi connectivity index (χ0) is 38.3. The van der Waals surface area contributed by atoms with Crippen molar-refractivity contribution >= 4 is 23.8 Å². The number of halogens is 2. The van der Waals surface area contributed by atoms with Crippen LogP contribution in [0.3, 0.4) is 0 Å². The highest BCUT2D eigenvalue weighted by atomic mass is 35.5. The summed E-state index contributed by atoms with van der Waals surface area (Å²) in [7, 11) is 0. The molecule has 2 atom stereocenters. The number of benzene rings is 3. The topological polar surface area (TPSA) is 110 Å². The Balaban J connectivity index is 1.48. The largest absolute Gasteiger partial charge is 0.488 e. The van der Waals surface area contributed by atoms with E-state index in [1.807, 2.05) is 77.9 Å². The summed E-state index contributed by atoms with van der Waals surface area (Å²) in [4.78, 5) is 28.3. The predicted octanol–water partition coefficient (Wildman–Crippen LogP) is 9.78. The van der Waals surface area contributed by atoms with E-state index in [4.69, 9.17) is 30.5 Å². The summed E-state index contributed by atoms with van der Waals surface area (Å²) in [5, 5.41) is 13.3. The summed E-state index contributed by atoms with van der Waals surface area (Å²) in [6.07, 6.45) is 3.36. The van der Waals surface area contributed by atoms with Crippen LogP contribution >= 0.6 is 11.6 Å². The number of ether oxygens (including phenoxy) is 4. The van der Waals surface area contributed by atoms with Gasteiger partial charge in [0.2, 0.25) is 0 Å².